The van der Waals surface area contributed by atoms with E-state index < -0.39 is 0 Å². The molecule has 0 unspecified atom stereocenters. The van der Waals surface area contributed by atoms with Gasteiger partial charge in [0.25, 0.3) is 0 Å². The summed E-state index contributed by atoms with van der Waals surface area (Å²) in [5, 5.41) is 0. The summed E-state index contributed by atoms with van der Waals surface area (Å²) in [6.45, 7) is 15.0. The van der Waals surface area contributed by atoms with E-state index in [0.29, 0.717) is 5.92 Å². The average Bonchev–Trinajstić information content (AvgIpc) is 2.16. The SMILES string of the molecule is C=C(C)CC(C)(C)c1c(C(C)C)ccc2ooc12. The van der Waals surface area contributed by atoms with Crippen LogP contribution in [0.2, 0.25) is 0 Å². The lowest BCUT2D eigenvalue weighted by molar-refractivity contribution is 0.0569. The van der Waals surface area contributed by atoms with Crippen molar-refractivity contribution in [2.45, 2.75) is 52.4 Å². The van der Waals surface area contributed by atoms with Crippen molar-refractivity contribution in [3.05, 3.63) is 35.4 Å². The summed E-state index contributed by atoms with van der Waals surface area (Å²) >= 11 is 0. The standard InChI is InChI=1S/C16H22O2/c1-10(2)9-16(5,6)14-12(11(3)4)7-8-13-15(14)18-17-13/h7-8,11H,1,9H2,2-6H3. The number of benzene rings is 1. The lowest BCUT2D eigenvalue weighted by Gasteiger charge is -2.29. The van der Waals surface area contributed by atoms with Crippen LogP contribution in [0, 0.1) is 0 Å². The zero-order chi connectivity index (χ0) is 13.5. The van der Waals surface area contributed by atoms with Gasteiger partial charge in [0.1, 0.15) is 0 Å². The van der Waals surface area contributed by atoms with Crippen molar-refractivity contribution >= 4 is 11.2 Å². The highest BCUT2D eigenvalue weighted by atomic mass is 17.0. The Morgan fingerprint density at radius 3 is 2.39 bits per heavy atom. The summed E-state index contributed by atoms with van der Waals surface area (Å²) in [6.07, 6.45) is 0.951. The van der Waals surface area contributed by atoms with Gasteiger partial charge >= 0.3 is 0 Å². The fourth-order valence-electron chi connectivity index (χ4n) is 2.80. The van der Waals surface area contributed by atoms with Gasteiger partial charge in [-0.15, -0.1) is 6.58 Å². The molecule has 2 nitrogen and oxygen atoms in total. The third-order valence-electron chi connectivity index (χ3n) is 3.41. The number of hydrogen-bond donors (Lipinski definition) is 0. The summed E-state index contributed by atoms with van der Waals surface area (Å²) in [6, 6.07) is 4.15. The van der Waals surface area contributed by atoms with Crippen molar-refractivity contribution in [3.8, 4) is 0 Å². The summed E-state index contributed by atoms with van der Waals surface area (Å²) in [4.78, 5) is 0. The van der Waals surface area contributed by atoms with Gasteiger partial charge in [0, 0.05) is 5.56 Å². The Bertz CT molecular complexity index is 567. The molecular weight excluding hydrogens is 224 g/mol. The van der Waals surface area contributed by atoms with Crippen LogP contribution in [0.15, 0.2) is 33.4 Å². The van der Waals surface area contributed by atoms with Crippen LogP contribution in [0.1, 0.15) is 58.1 Å². The second kappa shape index (κ2) is 4.34. The maximum Gasteiger partial charge on any atom is 0.229 e. The van der Waals surface area contributed by atoms with Crippen molar-refractivity contribution in [2.75, 3.05) is 0 Å². The molecule has 2 heteroatoms. The van der Waals surface area contributed by atoms with E-state index in [2.05, 4.69) is 47.3 Å². The molecule has 0 spiro atoms. The van der Waals surface area contributed by atoms with E-state index in [0.717, 1.165) is 17.6 Å². The predicted molar refractivity (Wildman–Crippen MR) is 75.0 cm³/mol. The minimum atomic E-state index is 0.0144. The van der Waals surface area contributed by atoms with E-state index in [1.165, 1.54) is 16.7 Å². The van der Waals surface area contributed by atoms with Crippen LogP contribution in [0.3, 0.4) is 0 Å². The summed E-state index contributed by atoms with van der Waals surface area (Å²) < 4.78 is 10.3. The lowest BCUT2D eigenvalue weighted by Crippen LogP contribution is -2.21. The van der Waals surface area contributed by atoms with Crippen LogP contribution in [0.5, 0.6) is 0 Å². The van der Waals surface area contributed by atoms with Crippen LogP contribution in [0.25, 0.3) is 11.2 Å². The van der Waals surface area contributed by atoms with Crippen molar-refractivity contribution < 1.29 is 9.15 Å². The molecule has 98 valence electrons. The number of rotatable bonds is 4. The Morgan fingerprint density at radius 2 is 1.94 bits per heavy atom. The van der Waals surface area contributed by atoms with Gasteiger partial charge in [-0.05, 0) is 36.3 Å². The van der Waals surface area contributed by atoms with Crippen molar-refractivity contribution in [3.63, 3.8) is 0 Å². The van der Waals surface area contributed by atoms with Gasteiger partial charge in [-0.2, -0.15) is 0 Å². The quantitative estimate of drug-likeness (QED) is 0.533. The van der Waals surface area contributed by atoms with E-state index in [-0.39, 0.29) is 5.41 Å². The molecule has 0 N–H and O–H groups in total. The molecule has 1 aromatic carbocycles. The maximum absolute atomic E-state index is 5.24. The molecule has 0 amide bonds. The molecule has 0 fully saturated rings. The van der Waals surface area contributed by atoms with Crippen LogP contribution < -0.4 is 0 Å². The van der Waals surface area contributed by atoms with Crippen LogP contribution >= 0.6 is 0 Å². The Labute approximate surface area is 109 Å². The van der Waals surface area contributed by atoms with Crippen LogP contribution in [-0.2, 0) is 5.41 Å². The normalized spacial score (nSPS) is 12.6. The van der Waals surface area contributed by atoms with E-state index in [1.807, 2.05) is 6.07 Å². The Kier molecular flexibility index (Phi) is 3.14. The smallest absolute Gasteiger partial charge is 0.229 e. The van der Waals surface area contributed by atoms with E-state index >= 15 is 0 Å². The van der Waals surface area contributed by atoms with E-state index in [9.17, 15) is 0 Å². The van der Waals surface area contributed by atoms with E-state index in [1.54, 1.807) is 0 Å². The van der Waals surface area contributed by atoms with Gasteiger partial charge in [-0.3, -0.25) is 9.15 Å². The van der Waals surface area contributed by atoms with Gasteiger partial charge < -0.3 is 0 Å². The average molecular weight is 246 g/mol. The van der Waals surface area contributed by atoms with Crippen molar-refractivity contribution in [1.82, 2.24) is 0 Å². The molecule has 0 atom stereocenters. The first-order chi connectivity index (χ1) is 8.33. The fourth-order valence-corrected chi connectivity index (χ4v) is 2.80. The van der Waals surface area contributed by atoms with Gasteiger partial charge in [-0.1, -0.05) is 39.3 Å². The number of hydrogen-bond acceptors (Lipinski definition) is 2. The molecular formula is C16H22O2. The third-order valence-corrected chi connectivity index (χ3v) is 3.41. The maximum atomic E-state index is 5.24. The molecule has 0 aliphatic carbocycles. The van der Waals surface area contributed by atoms with Gasteiger partial charge in [0.2, 0.25) is 11.2 Å². The minimum absolute atomic E-state index is 0.0144. The predicted octanol–water partition coefficient (Wildman–Crippen LogP) is 5.39. The monoisotopic (exact) mass is 246 g/mol. The summed E-state index contributed by atoms with van der Waals surface area (Å²) in [7, 11) is 0. The summed E-state index contributed by atoms with van der Waals surface area (Å²) in [5.74, 6) is 0.471. The topological polar surface area (TPSA) is 26.3 Å². The van der Waals surface area contributed by atoms with Crippen LogP contribution in [-0.4, -0.2) is 0 Å². The zero-order valence-corrected chi connectivity index (χ0v) is 12.0. The fraction of sp³-hybridized carbons (Fsp3) is 0.500. The summed E-state index contributed by atoms with van der Waals surface area (Å²) in [5.41, 5.74) is 5.57. The van der Waals surface area contributed by atoms with Crippen molar-refractivity contribution in [2.24, 2.45) is 0 Å². The van der Waals surface area contributed by atoms with Gasteiger partial charge in [0.05, 0.1) is 0 Å². The highest BCUT2D eigenvalue weighted by Crippen LogP contribution is 2.41. The van der Waals surface area contributed by atoms with Gasteiger partial charge in [0.15, 0.2) is 0 Å². The second-order valence-electron chi connectivity index (χ2n) is 6.20. The molecule has 1 heterocycles. The third kappa shape index (κ3) is 2.12. The number of fused-ring (bicyclic) bond motifs is 1. The van der Waals surface area contributed by atoms with E-state index in [4.69, 9.17) is 9.15 Å². The molecule has 18 heavy (non-hydrogen) atoms. The Balaban J connectivity index is 2.60. The first kappa shape index (κ1) is 13.0. The molecule has 0 radical (unpaired) electrons. The highest BCUT2D eigenvalue weighted by Gasteiger charge is 2.30. The van der Waals surface area contributed by atoms with Crippen LogP contribution in [0.4, 0.5) is 0 Å². The molecule has 0 bridgehead atoms. The largest absolute Gasteiger partial charge is 0.286 e. The molecule has 0 aliphatic heterocycles. The first-order valence-electron chi connectivity index (χ1n) is 6.49. The molecule has 2 rings (SSSR count). The highest BCUT2D eigenvalue weighted by molar-refractivity contribution is 5.78. The second-order valence-corrected chi connectivity index (χ2v) is 6.20. The molecule has 0 saturated heterocycles. The molecule has 1 aromatic heterocycles. The lowest BCUT2D eigenvalue weighted by atomic mass is 9.75. The molecule has 0 aliphatic rings. The van der Waals surface area contributed by atoms with Crippen molar-refractivity contribution in [1.29, 1.82) is 0 Å². The first-order valence-corrected chi connectivity index (χ1v) is 6.49. The molecule has 0 saturated carbocycles. The minimum Gasteiger partial charge on any atom is -0.286 e. The molecule has 2 aromatic rings. The zero-order valence-electron chi connectivity index (χ0n) is 12.0. The van der Waals surface area contributed by atoms with Gasteiger partial charge in [-0.25, -0.2) is 0 Å². The Morgan fingerprint density at radius 1 is 1.28 bits per heavy atom. The number of allylic oxidation sites excluding steroid dienone is 1. The Hall–Kier alpha value is -1.44.